The van der Waals surface area contributed by atoms with Gasteiger partial charge in [0.05, 0.1) is 5.60 Å². The molecule has 0 heterocycles. The number of rotatable bonds is 2. The van der Waals surface area contributed by atoms with E-state index in [9.17, 15) is 10.2 Å². The van der Waals surface area contributed by atoms with Crippen molar-refractivity contribution in [2.75, 3.05) is 5.73 Å². The smallest absolute Gasteiger partial charge is 0.115 e. The van der Waals surface area contributed by atoms with Crippen molar-refractivity contribution in [2.45, 2.75) is 57.0 Å². The molecular formula is C26H31NO2. The first-order valence-corrected chi connectivity index (χ1v) is 11.0. The van der Waals surface area contributed by atoms with Crippen LogP contribution >= 0.6 is 0 Å². The highest BCUT2D eigenvalue weighted by Gasteiger charge is 2.60. The van der Waals surface area contributed by atoms with Gasteiger partial charge < -0.3 is 15.9 Å². The second kappa shape index (κ2) is 6.63. The summed E-state index contributed by atoms with van der Waals surface area (Å²) in [6.45, 7) is 2.32. The minimum Gasteiger partial charge on any atom is -0.508 e. The zero-order valence-corrected chi connectivity index (χ0v) is 17.1. The molecule has 5 atom stereocenters. The van der Waals surface area contributed by atoms with Gasteiger partial charge in [-0.15, -0.1) is 0 Å². The molecule has 0 saturated heterocycles. The maximum absolute atomic E-state index is 11.7. The van der Waals surface area contributed by atoms with E-state index in [1.54, 1.807) is 0 Å². The Morgan fingerprint density at radius 2 is 1.83 bits per heavy atom. The summed E-state index contributed by atoms with van der Waals surface area (Å²) in [6, 6.07) is 13.8. The van der Waals surface area contributed by atoms with Crippen molar-refractivity contribution in [3.05, 3.63) is 65.2 Å². The largest absolute Gasteiger partial charge is 0.508 e. The normalized spacial score (nSPS) is 35.9. The molecule has 3 heteroatoms. The van der Waals surface area contributed by atoms with Crippen LogP contribution in [0.1, 0.15) is 61.6 Å². The molecule has 29 heavy (non-hydrogen) atoms. The number of nitrogens with two attached hydrogens (primary N) is 1. The van der Waals surface area contributed by atoms with Gasteiger partial charge in [-0.05, 0) is 97.2 Å². The SMILES string of the molecule is C[C@]12CCC3c4ccc(O)cc4CCC3C1CC[C@@]2(O)/C=C\c1ccc(N)cc1. The van der Waals surface area contributed by atoms with E-state index in [4.69, 9.17) is 5.73 Å². The second-order valence-corrected chi connectivity index (χ2v) is 9.72. The second-order valence-electron chi connectivity index (χ2n) is 9.72. The van der Waals surface area contributed by atoms with Crippen LogP contribution in [0, 0.1) is 17.3 Å². The number of aryl methyl sites for hydroxylation is 1. The number of aromatic hydroxyl groups is 1. The number of nitrogen functional groups attached to an aromatic ring is 1. The summed E-state index contributed by atoms with van der Waals surface area (Å²) in [6.07, 6.45) is 10.4. The van der Waals surface area contributed by atoms with Gasteiger partial charge >= 0.3 is 0 Å². The summed E-state index contributed by atoms with van der Waals surface area (Å²) in [4.78, 5) is 0. The lowest BCUT2D eigenvalue weighted by atomic mass is 9.53. The van der Waals surface area contributed by atoms with Gasteiger partial charge in [0.15, 0.2) is 0 Å². The fourth-order valence-corrected chi connectivity index (χ4v) is 6.73. The first-order valence-electron chi connectivity index (χ1n) is 11.0. The molecule has 2 saturated carbocycles. The van der Waals surface area contributed by atoms with E-state index in [1.807, 2.05) is 36.4 Å². The Kier molecular flexibility index (Phi) is 4.29. The summed E-state index contributed by atoms with van der Waals surface area (Å²) < 4.78 is 0. The van der Waals surface area contributed by atoms with E-state index in [-0.39, 0.29) is 5.41 Å². The molecule has 3 nitrogen and oxygen atoms in total. The van der Waals surface area contributed by atoms with Crippen LogP contribution < -0.4 is 5.73 Å². The van der Waals surface area contributed by atoms with Crippen molar-refractivity contribution in [1.29, 1.82) is 0 Å². The number of phenolic OH excluding ortho intramolecular Hbond substituents is 1. The summed E-state index contributed by atoms with van der Waals surface area (Å²) in [5.74, 6) is 2.13. The lowest BCUT2D eigenvalue weighted by molar-refractivity contribution is -0.0705. The molecule has 5 rings (SSSR count). The van der Waals surface area contributed by atoms with Crippen molar-refractivity contribution in [2.24, 2.45) is 17.3 Å². The van der Waals surface area contributed by atoms with Crippen LogP contribution in [0.3, 0.4) is 0 Å². The van der Waals surface area contributed by atoms with Crippen LogP contribution in [0.2, 0.25) is 0 Å². The monoisotopic (exact) mass is 389 g/mol. The Hall–Kier alpha value is -2.26. The third kappa shape index (κ3) is 2.90. The van der Waals surface area contributed by atoms with Crippen LogP contribution in [0.15, 0.2) is 48.5 Å². The molecule has 152 valence electrons. The number of phenols is 1. The predicted molar refractivity (Wildman–Crippen MR) is 118 cm³/mol. The number of aliphatic hydroxyl groups is 1. The Morgan fingerprint density at radius 1 is 1.03 bits per heavy atom. The van der Waals surface area contributed by atoms with Crippen molar-refractivity contribution in [3.63, 3.8) is 0 Å². The Morgan fingerprint density at radius 3 is 2.62 bits per heavy atom. The molecule has 0 spiro atoms. The van der Waals surface area contributed by atoms with Crippen molar-refractivity contribution < 1.29 is 10.2 Å². The van der Waals surface area contributed by atoms with Gasteiger partial charge in [0.25, 0.3) is 0 Å². The minimum absolute atomic E-state index is 0.0765. The van der Waals surface area contributed by atoms with Crippen molar-refractivity contribution in [3.8, 4) is 5.75 Å². The molecule has 2 aromatic rings. The van der Waals surface area contributed by atoms with Gasteiger partial charge in [0.2, 0.25) is 0 Å². The topological polar surface area (TPSA) is 66.5 Å². The van der Waals surface area contributed by atoms with E-state index in [2.05, 4.69) is 25.1 Å². The average molecular weight is 390 g/mol. The van der Waals surface area contributed by atoms with E-state index >= 15 is 0 Å². The zero-order valence-electron chi connectivity index (χ0n) is 17.1. The van der Waals surface area contributed by atoms with Crippen LogP contribution in [-0.2, 0) is 6.42 Å². The molecule has 0 amide bonds. The average Bonchev–Trinajstić information content (AvgIpc) is 2.98. The summed E-state index contributed by atoms with van der Waals surface area (Å²) in [5.41, 5.74) is 9.58. The number of hydrogen-bond acceptors (Lipinski definition) is 3. The van der Waals surface area contributed by atoms with Crippen LogP contribution in [-0.4, -0.2) is 15.8 Å². The third-order valence-corrected chi connectivity index (χ3v) is 8.41. The summed E-state index contributed by atoms with van der Waals surface area (Å²) in [5, 5.41) is 21.6. The van der Waals surface area contributed by atoms with Gasteiger partial charge in [0, 0.05) is 11.1 Å². The first kappa shape index (κ1) is 18.7. The van der Waals surface area contributed by atoms with Crippen LogP contribution in [0.4, 0.5) is 5.69 Å². The van der Waals surface area contributed by atoms with E-state index in [0.717, 1.165) is 43.4 Å². The zero-order chi connectivity index (χ0) is 20.2. The molecule has 0 aromatic heterocycles. The Balaban J connectivity index is 1.42. The van der Waals surface area contributed by atoms with Crippen molar-refractivity contribution >= 4 is 11.8 Å². The molecule has 2 aromatic carbocycles. The molecular weight excluding hydrogens is 358 g/mol. The molecule has 0 radical (unpaired) electrons. The first-order chi connectivity index (χ1) is 13.9. The highest BCUT2D eigenvalue weighted by atomic mass is 16.3. The molecule has 3 unspecified atom stereocenters. The standard InChI is InChI=1S/C26H31NO2/c1-25-13-11-22-21-9-7-20(28)16-18(21)4-8-23(22)24(25)12-15-26(25,29)14-10-17-2-5-19(27)6-3-17/h2-3,5-7,9-10,14,16,22-24,28-29H,4,8,11-13,15,27H2,1H3/b14-10-/t22?,23?,24?,25-,26-/m0/s1. The van der Waals surface area contributed by atoms with Crippen LogP contribution in [0.25, 0.3) is 6.08 Å². The lowest BCUT2D eigenvalue weighted by Gasteiger charge is -2.52. The fraction of sp³-hybridized carbons (Fsp3) is 0.462. The highest BCUT2D eigenvalue weighted by Crippen LogP contribution is 2.64. The van der Waals surface area contributed by atoms with Crippen molar-refractivity contribution in [1.82, 2.24) is 0 Å². The lowest BCUT2D eigenvalue weighted by Crippen LogP contribution is -2.49. The third-order valence-electron chi connectivity index (χ3n) is 8.41. The maximum Gasteiger partial charge on any atom is 0.115 e. The highest BCUT2D eigenvalue weighted by molar-refractivity contribution is 5.55. The molecule has 0 bridgehead atoms. The fourth-order valence-electron chi connectivity index (χ4n) is 6.73. The van der Waals surface area contributed by atoms with Gasteiger partial charge in [0.1, 0.15) is 5.75 Å². The molecule has 4 N–H and O–H groups in total. The number of hydrogen-bond donors (Lipinski definition) is 3. The summed E-state index contributed by atoms with van der Waals surface area (Å²) in [7, 11) is 0. The van der Waals surface area contributed by atoms with Gasteiger partial charge in [-0.3, -0.25) is 0 Å². The predicted octanol–water partition coefficient (Wildman–Crippen LogP) is 5.28. The number of anilines is 1. The molecule has 3 aliphatic carbocycles. The maximum atomic E-state index is 11.7. The Labute approximate surface area is 173 Å². The minimum atomic E-state index is -0.751. The quantitative estimate of drug-likeness (QED) is 0.613. The van der Waals surface area contributed by atoms with Crippen LogP contribution in [0.5, 0.6) is 5.75 Å². The van der Waals surface area contributed by atoms with E-state index < -0.39 is 5.60 Å². The molecule has 3 aliphatic rings. The van der Waals surface area contributed by atoms with Gasteiger partial charge in [-0.2, -0.15) is 0 Å². The van der Waals surface area contributed by atoms with Gasteiger partial charge in [-0.1, -0.05) is 37.3 Å². The Bertz CT molecular complexity index is 950. The molecule has 2 fully saturated rings. The number of benzene rings is 2. The van der Waals surface area contributed by atoms with E-state index in [1.165, 1.54) is 17.5 Å². The van der Waals surface area contributed by atoms with E-state index in [0.29, 0.717) is 23.5 Å². The van der Waals surface area contributed by atoms with Gasteiger partial charge in [-0.25, -0.2) is 0 Å². The summed E-state index contributed by atoms with van der Waals surface area (Å²) >= 11 is 0. The molecule has 0 aliphatic heterocycles. The number of fused-ring (bicyclic) bond motifs is 5.